The Kier molecular flexibility index (Phi) is 5.49. The van der Waals surface area contributed by atoms with Crippen molar-refractivity contribution in [3.8, 4) is 0 Å². The quantitative estimate of drug-likeness (QED) is 0.872. The van der Waals surface area contributed by atoms with Gasteiger partial charge in [-0.15, -0.1) is 0 Å². The second-order valence-corrected chi connectivity index (χ2v) is 5.28. The van der Waals surface area contributed by atoms with Crippen molar-refractivity contribution in [3.05, 3.63) is 16.4 Å². The van der Waals surface area contributed by atoms with Crippen LogP contribution in [0.3, 0.4) is 0 Å². The minimum Gasteiger partial charge on any atom is -0.319 e. The number of nitrogens with one attached hydrogen (secondary N) is 1. The molecule has 2 atom stereocenters. The van der Waals surface area contributed by atoms with Crippen LogP contribution in [0.2, 0.25) is 0 Å². The highest BCUT2D eigenvalue weighted by atomic mass is 79.9. The highest BCUT2D eigenvalue weighted by Gasteiger charge is 2.20. The highest BCUT2D eigenvalue weighted by molar-refractivity contribution is 9.10. The lowest BCUT2D eigenvalue weighted by Gasteiger charge is -2.21. The molecule has 3 nitrogen and oxygen atoms in total. The summed E-state index contributed by atoms with van der Waals surface area (Å²) in [5.74, 6) is 1.12. The van der Waals surface area contributed by atoms with E-state index in [9.17, 15) is 0 Å². The Hall–Kier alpha value is -0.350. The lowest BCUT2D eigenvalue weighted by atomic mass is 9.92. The molecule has 0 saturated carbocycles. The van der Waals surface area contributed by atoms with Gasteiger partial charge in [0.1, 0.15) is 0 Å². The summed E-state index contributed by atoms with van der Waals surface area (Å²) in [5.41, 5.74) is 1.32. The molecule has 0 aliphatic carbocycles. The van der Waals surface area contributed by atoms with Crippen LogP contribution in [0.5, 0.6) is 0 Å². The molecule has 0 saturated heterocycles. The second-order valence-electron chi connectivity index (χ2n) is 4.42. The van der Waals surface area contributed by atoms with Gasteiger partial charge in [-0.25, -0.2) is 0 Å². The summed E-state index contributed by atoms with van der Waals surface area (Å²) in [6.07, 6.45) is 3.03. The summed E-state index contributed by atoms with van der Waals surface area (Å²) < 4.78 is 3.26. The molecule has 0 radical (unpaired) electrons. The van der Waals surface area contributed by atoms with Crippen LogP contribution < -0.4 is 5.32 Å². The summed E-state index contributed by atoms with van der Waals surface area (Å²) in [7, 11) is 2.00. The van der Waals surface area contributed by atoms with E-state index in [2.05, 4.69) is 51.8 Å². The van der Waals surface area contributed by atoms with Gasteiger partial charge in [-0.1, -0.05) is 20.8 Å². The van der Waals surface area contributed by atoms with Gasteiger partial charge in [0.2, 0.25) is 0 Å². The Morgan fingerprint density at radius 2 is 2.19 bits per heavy atom. The predicted molar refractivity (Wildman–Crippen MR) is 71.7 cm³/mol. The molecule has 0 aromatic carbocycles. The van der Waals surface area contributed by atoms with E-state index in [1.807, 2.05) is 13.2 Å². The van der Waals surface area contributed by atoms with Crippen molar-refractivity contribution in [1.29, 1.82) is 0 Å². The van der Waals surface area contributed by atoms with Gasteiger partial charge in [0.05, 0.1) is 16.4 Å². The van der Waals surface area contributed by atoms with Crippen LogP contribution in [0, 0.1) is 5.92 Å². The van der Waals surface area contributed by atoms with Crippen molar-refractivity contribution < 1.29 is 0 Å². The molecule has 1 rings (SSSR count). The first-order valence-corrected chi connectivity index (χ1v) is 6.76. The third-order valence-electron chi connectivity index (χ3n) is 3.08. The maximum absolute atomic E-state index is 4.42. The summed E-state index contributed by atoms with van der Waals surface area (Å²) in [6.45, 7) is 8.76. The largest absolute Gasteiger partial charge is 0.319 e. The zero-order valence-corrected chi connectivity index (χ0v) is 12.2. The van der Waals surface area contributed by atoms with E-state index in [0.717, 1.165) is 24.0 Å². The molecule has 16 heavy (non-hydrogen) atoms. The van der Waals surface area contributed by atoms with Crippen LogP contribution in [0.25, 0.3) is 0 Å². The monoisotopic (exact) mass is 287 g/mol. The number of rotatable bonds is 6. The van der Waals surface area contributed by atoms with E-state index < -0.39 is 0 Å². The fourth-order valence-corrected chi connectivity index (χ4v) is 2.64. The molecule has 2 unspecified atom stereocenters. The summed E-state index contributed by atoms with van der Waals surface area (Å²) in [6, 6.07) is 0. The summed E-state index contributed by atoms with van der Waals surface area (Å²) >= 11 is 3.60. The standard InChI is InChI=1S/C12H22BrN3/c1-5-6-16-12(11(13)8-15-16)10(3)9(2)7-14-4/h8-10,14H,5-7H2,1-4H3. The fraction of sp³-hybridized carbons (Fsp3) is 0.750. The second kappa shape index (κ2) is 6.40. The molecule has 92 valence electrons. The SMILES string of the molecule is CCCn1ncc(Br)c1C(C)C(C)CNC. The third kappa shape index (κ3) is 3.08. The molecular weight excluding hydrogens is 266 g/mol. The first-order chi connectivity index (χ1) is 7.61. The molecule has 0 aliphatic rings. The van der Waals surface area contributed by atoms with Gasteiger partial charge in [0.15, 0.2) is 0 Å². The Bertz CT molecular complexity index is 322. The van der Waals surface area contributed by atoms with Crippen LogP contribution in [-0.2, 0) is 6.54 Å². The number of halogens is 1. The first kappa shape index (κ1) is 13.7. The summed E-state index contributed by atoms with van der Waals surface area (Å²) in [5, 5.41) is 7.65. The number of hydrogen-bond acceptors (Lipinski definition) is 2. The highest BCUT2D eigenvalue weighted by Crippen LogP contribution is 2.30. The van der Waals surface area contributed by atoms with Crippen molar-refractivity contribution in [2.75, 3.05) is 13.6 Å². The topological polar surface area (TPSA) is 29.9 Å². The molecule has 1 aromatic rings. The smallest absolute Gasteiger partial charge is 0.0635 e. The molecule has 0 amide bonds. The van der Waals surface area contributed by atoms with Crippen molar-refractivity contribution in [3.63, 3.8) is 0 Å². The number of nitrogens with zero attached hydrogens (tertiary/aromatic N) is 2. The van der Waals surface area contributed by atoms with E-state index in [-0.39, 0.29) is 0 Å². The normalized spacial score (nSPS) is 15.1. The minimum absolute atomic E-state index is 0.510. The van der Waals surface area contributed by atoms with Crippen molar-refractivity contribution in [1.82, 2.24) is 15.1 Å². The van der Waals surface area contributed by atoms with Gasteiger partial charge in [-0.05, 0) is 41.9 Å². The molecule has 4 heteroatoms. The first-order valence-electron chi connectivity index (χ1n) is 5.97. The van der Waals surface area contributed by atoms with E-state index >= 15 is 0 Å². The lowest BCUT2D eigenvalue weighted by molar-refractivity contribution is 0.430. The van der Waals surface area contributed by atoms with E-state index in [1.54, 1.807) is 0 Å². The molecule has 0 aliphatic heterocycles. The van der Waals surface area contributed by atoms with Gasteiger partial charge in [0, 0.05) is 12.5 Å². The van der Waals surface area contributed by atoms with Crippen molar-refractivity contribution in [2.45, 2.75) is 39.7 Å². The van der Waals surface area contributed by atoms with Gasteiger partial charge >= 0.3 is 0 Å². The average molecular weight is 288 g/mol. The Balaban J connectivity index is 2.87. The maximum Gasteiger partial charge on any atom is 0.0635 e. The lowest BCUT2D eigenvalue weighted by Crippen LogP contribution is -2.23. The average Bonchev–Trinajstić information content (AvgIpc) is 2.60. The third-order valence-corrected chi connectivity index (χ3v) is 3.69. The van der Waals surface area contributed by atoms with Crippen LogP contribution >= 0.6 is 15.9 Å². The Morgan fingerprint density at radius 3 is 2.75 bits per heavy atom. The molecule has 0 spiro atoms. The van der Waals surface area contributed by atoms with E-state index in [0.29, 0.717) is 11.8 Å². The zero-order valence-electron chi connectivity index (χ0n) is 10.6. The van der Waals surface area contributed by atoms with Gasteiger partial charge < -0.3 is 5.32 Å². The van der Waals surface area contributed by atoms with Crippen molar-refractivity contribution in [2.24, 2.45) is 5.92 Å². The Labute approximate surface area is 107 Å². The van der Waals surface area contributed by atoms with Crippen LogP contribution in [0.4, 0.5) is 0 Å². The van der Waals surface area contributed by atoms with E-state index in [4.69, 9.17) is 0 Å². The molecule has 0 fully saturated rings. The van der Waals surface area contributed by atoms with Crippen LogP contribution in [0.15, 0.2) is 10.7 Å². The van der Waals surface area contributed by atoms with Crippen molar-refractivity contribution >= 4 is 15.9 Å². The predicted octanol–water partition coefficient (Wildman–Crippen LogP) is 3.01. The molecule has 0 bridgehead atoms. The fourth-order valence-electron chi connectivity index (χ4n) is 1.98. The van der Waals surface area contributed by atoms with Gasteiger partial charge in [-0.3, -0.25) is 4.68 Å². The molecule has 1 aromatic heterocycles. The van der Waals surface area contributed by atoms with Gasteiger partial charge in [0.25, 0.3) is 0 Å². The number of aryl methyl sites for hydroxylation is 1. The zero-order chi connectivity index (χ0) is 12.1. The van der Waals surface area contributed by atoms with E-state index in [1.165, 1.54) is 5.69 Å². The molecular formula is C12H22BrN3. The van der Waals surface area contributed by atoms with Crippen LogP contribution in [0.1, 0.15) is 38.8 Å². The molecule has 1 heterocycles. The molecule has 1 N–H and O–H groups in total. The van der Waals surface area contributed by atoms with Crippen LogP contribution in [-0.4, -0.2) is 23.4 Å². The number of hydrogen-bond donors (Lipinski definition) is 1. The number of aromatic nitrogens is 2. The summed E-state index contributed by atoms with van der Waals surface area (Å²) in [4.78, 5) is 0. The minimum atomic E-state index is 0.510. The van der Waals surface area contributed by atoms with Gasteiger partial charge in [-0.2, -0.15) is 5.10 Å². The maximum atomic E-state index is 4.42. The Morgan fingerprint density at radius 1 is 1.50 bits per heavy atom.